The Labute approximate surface area is 109 Å². The third kappa shape index (κ3) is 4.55. The predicted octanol–water partition coefficient (Wildman–Crippen LogP) is 2.13. The van der Waals surface area contributed by atoms with Crippen molar-refractivity contribution in [2.45, 2.75) is 38.6 Å². The fraction of sp³-hybridized carbons (Fsp3) is 0.462. The van der Waals surface area contributed by atoms with Gasteiger partial charge < -0.3 is 10.4 Å². The van der Waals surface area contributed by atoms with Crippen LogP contribution in [0, 0.1) is 0 Å². The van der Waals surface area contributed by atoms with Gasteiger partial charge in [0, 0.05) is 6.04 Å². The molecule has 6 heteroatoms. The second kappa shape index (κ2) is 6.06. The van der Waals surface area contributed by atoms with E-state index in [0.717, 1.165) is 6.07 Å². The SMILES string of the molecule is CC(Cc1ccccc1C(F)(F)F)NC(=O)C(C)O. The van der Waals surface area contributed by atoms with Gasteiger partial charge in [-0.3, -0.25) is 4.79 Å². The van der Waals surface area contributed by atoms with Crippen molar-refractivity contribution >= 4 is 5.91 Å². The van der Waals surface area contributed by atoms with Gasteiger partial charge in [-0.15, -0.1) is 0 Å². The van der Waals surface area contributed by atoms with E-state index in [9.17, 15) is 18.0 Å². The lowest BCUT2D eigenvalue weighted by molar-refractivity contribution is -0.138. The van der Waals surface area contributed by atoms with E-state index in [1.807, 2.05) is 0 Å². The molecule has 0 heterocycles. The van der Waals surface area contributed by atoms with Crippen LogP contribution in [0.3, 0.4) is 0 Å². The minimum Gasteiger partial charge on any atom is -0.384 e. The van der Waals surface area contributed by atoms with Crippen LogP contribution in [-0.2, 0) is 17.4 Å². The summed E-state index contributed by atoms with van der Waals surface area (Å²) in [5.74, 6) is -0.600. The first-order chi connectivity index (χ1) is 8.71. The summed E-state index contributed by atoms with van der Waals surface area (Å²) in [6.45, 7) is 2.89. The molecule has 2 N–H and O–H groups in total. The third-order valence-corrected chi connectivity index (χ3v) is 2.62. The topological polar surface area (TPSA) is 49.3 Å². The first-order valence-corrected chi connectivity index (χ1v) is 5.85. The Balaban J connectivity index is 2.80. The number of benzene rings is 1. The van der Waals surface area contributed by atoms with Gasteiger partial charge in [-0.25, -0.2) is 0 Å². The fourth-order valence-electron chi connectivity index (χ4n) is 1.72. The zero-order valence-corrected chi connectivity index (χ0v) is 10.7. The maximum Gasteiger partial charge on any atom is 0.416 e. The number of aliphatic hydroxyl groups is 1. The van der Waals surface area contributed by atoms with Crippen LogP contribution in [0.5, 0.6) is 0 Å². The molecule has 0 radical (unpaired) electrons. The van der Waals surface area contributed by atoms with Crippen molar-refractivity contribution < 1.29 is 23.1 Å². The van der Waals surface area contributed by atoms with Gasteiger partial charge in [-0.2, -0.15) is 13.2 Å². The number of amides is 1. The van der Waals surface area contributed by atoms with E-state index in [0.29, 0.717) is 0 Å². The molecule has 19 heavy (non-hydrogen) atoms. The van der Waals surface area contributed by atoms with Gasteiger partial charge in [0.05, 0.1) is 5.56 Å². The average Bonchev–Trinajstić information content (AvgIpc) is 2.27. The number of aliphatic hydroxyl groups excluding tert-OH is 1. The number of hydrogen-bond donors (Lipinski definition) is 2. The van der Waals surface area contributed by atoms with Crippen LogP contribution >= 0.6 is 0 Å². The Kier molecular flexibility index (Phi) is 4.94. The van der Waals surface area contributed by atoms with Crippen LogP contribution in [0.4, 0.5) is 13.2 Å². The minimum absolute atomic E-state index is 0.0497. The molecule has 0 aliphatic carbocycles. The zero-order chi connectivity index (χ0) is 14.6. The van der Waals surface area contributed by atoms with Crippen molar-refractivity contribution in [1.82, 2.24) is 5.32 Å². The summed E-state index contributed by atoms with van der Waals surface area (Å²) in [5, 5.41) is 11.5. The van der Waals surface area contributed by atoms with Gasteiger partial charge in [-0.1, -0.05) is 18.2 Å². The molecular formula is C13H16F3NO2. The van der Waals surface area contributed by atoms with E-state index < -0.39 is 29.8 Å². The van der Waals surface area contributed by atoms with Crippen LogP contribution in [0.25, 0.3) is 0 Å². The molecule has 0 aliphatic heterocycles. The number of hydrogen-bond acceptors (Lipinski definition) is 2. The summed E-state index contributed by atoms with van der Waals surface area (Å²) in [6.07, 6.45) is -5.54. The normalized spacial score (nSPS) is 14.8. The minimum atomic E-state index is -4.41. The summed E-state index contributed by atoms with van der Waals surface area (Å²) in [7, 11) is 0. The fourth-order valence-corrected chi connectivity index (χ4v) is 1.72. The molecule has 0 fully saturated rings. The number of nitrogens with one attached hydrogen (secondary N) is 1. The van der Waals surface area contributed by atoms with E-state index in [2.05, 4.69) is 5.32 Å². The van der Waals surface area contributed by atoms with Gasteiger partial charge in [0.2, 0.25) is 5.91 Å². The molecule has 2 atom stereocenters. The van der Waals surface area contributed by atoms with Crippen LogP contribution in [0.15, 0.2) is 24.3 Å². The van der Waals surface area contributed by atoms with Crippen LogP contribution in [0.2, 0.25) is 0 Å². The summed E-state index contributed by atoms with van der Waals surface area (Å²) in [5.41, 5.74) is -0.582. The van der Waals surface area contributed by atoms with Crippen molar-refractivity contribution in [1.29, 1.82) is 0 Å². The van der Waals surface area contributed by atoms with E-state index in [1.54, 1.807) is 6.92 Å². The molecule has 1 rings (SSSR count). The molecule has 3 nitrogen and oxygen atoms in total. The number of halogens is 3. The highest BCUT2D eigenvalue weighted by molar-refractivity contribution is 5.80. The molecular weight excluding hydrogens is 259 g/mol. The maximum absolute atomic E-state index is 12.8. The van der Waals surface area contributed by atoms with Crippen molar-refractivity contribution in [3.8, 4) is 0 Å². The van der Waals surface area contributed by atoms with E-state index in [-0.39, 0.29) is 12.0 Å². The molecule has 0 saturated carbocycles. The first-order valence-electron chi connectivity index (χ1n) is 5.85. The second-order valence-corrected chi connectivity index (χ2v) is 4.44. The monoisotopic (exact) mass is 275 g/mol. The quantitative estimate of drug-likeness (QED) is 0.884. The van der Waals surface area contributed by atoms with Crippen molar-refractivity contribution in [3.05, 3.63) is 35.4 Å². The van der Waals surface area contributed by atoms with Crippen molar-refractivity contribution in [2.75, 3.05) is 0 Å². The lowest BCUT2D eigenvalue weighted by atomic mass is 10.0. The van der Waals surface area contributed by atoms with Crippen LogP contribution in [0.1, 0.15) is 25.0 Å². The molecule has 1 aromatic rings. The Morgan fingerprint density at radius 1 is 1.32 bits per heavy atom. The average molecular weight is 275 g/mol. The van der Waals surface area contributed by atoms with Crippen LogP contribution < -0.4 is 5.32 Å². The molecule has 1 aromatic carbocycles. The van der Waals surface area contributed by atoms with Gasteiger partial charge in [-0.05, 0) is 31.9 Å². The van der Waals surface area contributed by atoms with Crippen LogP contribution in [-0.4, -0.2) is 23.2 Å². The lowest BCUT2D eigenvalue weighted by Crippen LogP contribution is -2.40. The number of carbonyl (C=O) groups excluding carboxylic acids is 1. The molecule has 0 bridgehead atoms. The number of carbonyl (C=O) groups is 1. The lowest BCUT2D eigenvalue weighted by Gasteiger charge is -2.18. The Bertz CT molecular complexity index is 444. The first kappa shape index (κ1) is 15.5. The zero-order valence-electron chi connectivity index (χ0n) is 10.7. The summed E-state index contributed by atoms with van der Waals surface area (Å²) in [4.78, 5) is 11.2. The highest BCUT2D eigenvalue weighted by Gasteiger charge is 2.33. The second-order valence-electron chi connectivity index (χ2n) is 4.44. The highest BCUT2D eigenvalue weighted by atomic mass is 19.4. The molecule has 0 aliphatic rings. The van der Waals surface area contributed by atoms with E-state index in [4.69, 9.17) is 5.11 Å². The number of alkyl halides is 3. The third-order valence-electron chi connectivity index (χ3n) is 2.62. The molecule has 2 unspecified atom stereocenters. The van der Waals surface area contributed by atoms with Gasteiger partial charge in [0.25, 0.3) is 0 Å². The molecule has 1 amide bonds. The Hall–Kier alpha value is -1.56. The standard InChI is InChI=1S/C13H16F3NO2/c1-8(17-12(19)9(2)18)7-10-5-3-4-6-11(10)13(14,15)16/h3-6,8-9,18H,7H2,1-2H3,(H,17,19). The van der Waals surface area contributed by atoms with Gasteiger partial charge >= 0.3 is 6.18 Å². The highest BCUT2D eigenvalue weighted by Crippen LogP contribution is 2.32. The van der Waals surface area contributed by atoms with E-state index in [1.165, 1.54) is 25.1 Å². The van der Waals surface area contributed by atoms with E-state index >= 15 is 0 Å². The largest absolute Gasteiger partial charge is 0.416 e. The van der Waals surface area contributed by atoms with Gasteiger partial charge in [0.1, 0.15) is 6.10 Å². The molecule has 0 saturated heterocycles. The smallest absolute Gasteiger partial charge is 0.384 e. The van der Waals surface area contributed by atoms with Crippen molar-refractivity contribution in [3.63, 3.8) is 0 Å². The summed E-state index contributed by atoms with van der Waals surface area (Å²) < 4.78 is 38.3. The Morgan fingerprint density at radius 2 is 1.89 bits per heavy atom. The molecule has 0 aromatic heterocycles. The van der Waals surface area contributed by atoms with Crippen molar-refractivity contribution in [2.24, 2.45) is 0 Å². The molecule has 106 valence electrons. The predicted molar refractivity (Wildman–Crippen MR) is 64.4 cm³/mol. The summed E-state index contributed by atoms with van der Waals surface area (Å²) in [6, 6.07) is 4.75. The number of rotatable bonds is 4. The summed E-state index contributed by atoms with van der Waals surface area (Å²) >= 11 is 0. The maximum atomic E-state index is 12.8. The Morgan fingerprint density at radius 3 is 2.42 bits per heavy atom. The molecule has 0 spiro atoms. The van der Waals surface area contributed by atoms with Gasteiger partial charge in [0.15, 0.2) is 0 Å².